The highest BCUT2D eigenvalue weighted by Crippen LogP contribution is 2.23. The van der Waals surface area contributed by atoms with Crippen molar-refractivity contribution < 1.29 is 9.72 Å². The standard InChI is InChI=1S/C15H10N4O3/c16-9-12(8-11-4-3-7-17-10-11)15(20)18-13-5-1-2-6-14(13)19(21)22/h1-8,10H,(H,18,20)/b12-8+. The van der Waals surface area contributed by atoms with Crippen molar-refractivity contribution in [3.63, 3.8) is 0 Å². The monoisotopic (exact) mass is 294 g/mol. The molecule has 1 aromatic heterocycles. The third-order valence-corrected chi connectivity index (χ3v) is 2.71. The summed E-state index contributed by atoms with van der Waals surface area (Å²) in [7, 11) is 0. The summed E-state index contributed by atoms with van der Waals surface area (Å²) in [6, 6.07) is 10.8. The first-order valence-electron chi connectivity index (χ1n) is 6.18. The van der Waals surface area contributed by atoms with Crippen molar-refractivity contribution in [1.82, 2.24) is 4.98 Å². The second-order valence-electron chi connectivity index (χ2n) is 4.18. The molecule has 1 amide bonds. The smallest absolute Gasteiger partial charge is 0.292 e. The van der Waals surface area contributed by atoms with E-state index in [0.717, 1.165) is 0 Å². The summed E-state index contributed by atoms with van der Waals surface area (Å²) in [5, 5.41) is 22.4. The Hall–Kier alpha value is -3.53. The first-order chi connectivity index (χ1) is 10.6. The summed E-state index contributed by atoms with van der Waals surface area (Å²) in [4.78, 5) is 26.3. The normalized spacial score (nSPS) is 10.6. The van der Waals surface area contributed by atoms with Gasteiger partial charge in [0.15, 0.2) is 0 Å². The van der Waals surface area contributed by atoms with E-state index < -0.39 is 10.8 Å². The number of nitro benzene ring substituents is 1. The Morgan fingerprint density at radius 2 is 2.09 bits per heavy atom. The SMILES string of the molecule is N#C/C(=C\c1cccnc1)C(=O)Nc1ccccc1[N+](=O)[O-]. The van der Waals surface area contributed by atoms with E-state index in [1.165, 1.54) is 30.5 Å². The molecule has 1 heterocycles. The van der Waals surface area contributed by atoms with Crippen LogP contribution in [0, 0.1) is 21.4 Å². The predicted octanol–water partition coefficient (Wildman–Crippen LogP) is 2.54. The molecule has 1 aromatic carbocycles. The van der Waals surface area contributed by atoms with Crippen LogP contribution >= 0.6 is 0 Å². The number of benzene rings is 1. The summed E-state index contributed by atoms with van der Waals surface area (Å²) < 4.78 is 0. The highest BCUT2D eigenvalue weighted by molar-refractivity contribution is 6.10. The summed E-state index contributed by atoms with van der Waals surface area (Å²) >= 11 is 0. The molecule has 0 aliphatic rings. The van der Waals surface area contributed by atoms with Crippen LogP contribution in [0.2, 0.25) is 0 Å². The maximum Gasteiger partial charge on any atom is 0.292 e. The first-order valence-corrected chi connectivity index (χ1v) is 6.18. The van der Waals surface area contributed by atoms with Gasteiger partial charge in [0.25, 0.3) is 11.6 Å². The van der Waals surface area contributed by atoms with Crippen molar-refractivity contribution in [1.29, 1.82) is 5.26 Å². The van der Waals surface area contributed by atoms with Crippen LogP contribution in [-0.4, -0.2) is 15.8 Å². The zero-order valence-corrected chi connectivity index (χ0v) is 11.3. The Morgan fingerprint density at radius 3 is 2.73 bits per heavy atom. The number of carbonyl (C=O) groups is 1. The molecule has 0 radical (unpaired) electrons. The number of amides is 1. The minimum absolute atomic E-state index is 0.0323. The van der Waals surface area contributed by atoms with E-state index in [4.69, 9.17) is 5.26 Å². The number of nitrogens with one attached hydrogen (secondary N) is 1. The molecule has 0 fully saturated rings. The van der Waals surface area contributed by atoms with E-state index in [1.807, 2.05) is 0 Å². The molecule has 2 aromatic rings. The Labute approximate surface area is 125 Å². The van der Waals surface area contributed by atoms with Crippen LogP contribution in [0.25, 0.3) is 6.08 Å². The van der Waals surface area contributed by atoms with Gasteiger partial charge in [-0.1, -0.05) is 18.2 Å². The van der Waals surface area contributed by atoms with Gasteiger partial charge < -0.3 is 5.32 Å². The number of carbonyl (C=O) groups excluding carboxylic acids is 1. The fraction of sp³-hybridized carbons (Fsp3) is 0. The van der Waals surface area contributed by atoms with Gasteiger partial charge in [-0.2, -0.15) is 5.26 Å². The highest BCUT2D eigenvalue weighted by atomic mass is 16.6. The van der Waals surface area contributed by atoms with E-state index in [9.17, 15) is 14.9 Å². The quantitative estimate of drug-likeness (QED) is 0.403. The third-order valence-electron chi connectivity index (χ3n) is 2.71. The zero-order valence-electron chi connectivity index (χ0n) is 11.3. The van der Waals surface area contributed by atoms with E-state index in [-0.39, 0.29) is 16.9 Å². The molecule has 7 nitrogen and oxygen atoms in total. The van der Waals surface area contributed by atoms with Crippen molar-refractivity contribution in [2.24, 2.45) is 0 Å². The van der Waals surface area contributed by atoms with Gasteiger partial charge in [0, 0.05) is 18.5 Å². The molecule has 2 rings (SSSR count). The van der Waals surface area contributed by atoms with Gasteiger partial charge in [0.2, 0.25) is 0 Å². The molecule has 0 bridgehead atoms. The lowest BCUT2D eigenvalue weighted by Crippen LogP contribution is -2.14. The number of hydrogen-bond acceptors (Lipinski definition) is 5. The van der Waals surface area contributed by atoms with Crippen LogP contribution in [0.15, 0.2) is 54.4 Å². The van der Waals surface area contributed by atoms with Gasteiger partial charge in [-0.05, 0) is 23.8 Å². The Morgan fingerprint density at radius 1 is 1.32 bits per heavy atom. The lowest BCUT2D eigenvalue weighted by atomic mass is 10.1. The number of pyridine rings is 1. The van der Waals surface area contributed by atoms with E-state index in [2.05, 4.69) is 10.3 Å². The number of aromatic nitrogens is 1. The number of nitrogens with zero attached hydrogens (tertiary/aromatic N) is 3. The van der Waals surface area contributed by atoms with Crippen molar-refractivity contribution in [3.05, 3.63) is 70.0 Å². The first kappa shape index (κ1) is 14.9. The second kappa shape index (κ2) is 6.76. The van der Waals surface area contributed by atoms with Crippen LogP contribution in [0.3, 0.4) is 0 Å². The van der Waals surface area contributed by atoms with Crippen LogP contribution in [-0.2, 0) is 4.79 Å². The van der Waals surface area contributed by atoms with Gasteiger partial charge >= 0.3 is 0 Å². The fourth-order valence-corrected chi connectivity index (χ4v) is 1.70. The summed E-state index contributed by atoms with van der Waals surface area (Å²) in [6.07, 6.45) is 4.42. The van der Waals surface area contributed by atoms with Crippen LogP contribution in [0.1, 0.15) is 5.56 Å². The summed E-state index contributed by atoms with van der Waals surface area (Å²) in [5.41, 5.74) is 0.197. The summed E-state index contributed by atoms with van der Waals surface area (Å²) in [6.45, 7) is 0. The minimum atomic E-state index is -0.722. The van der Waals surface area contributed by atoms with Gasteiger partial charge in [0.05, 0.1) is 4.92 Å². The molecular formula is C15H10N4O3. The number of anilines is 1. The number of hydrogen-bond donors (Lipinski definition) is 1. The molecule has 1 N–H and O–H groups in total. The predicted molar refractivity (Wildman–Crippen MR) is 79.6 cm³/mol. The Kier molecular flexibility index (Phi) is 4.57. The highest BCUT2D eigenvalue weighted by Gasteiger charge is 2.17. The van der Waals surface area contributed by atoms with Crippen LogP contribution in [0.4, 0.5) is 11.4 Å². The van der Waals surface area contributed by atoms with Crippen molar-refractivity contribution in [2.75, 3.05) is 5.32 Å². The molecule has 0 atom stereocenters. The minimum Gasteiger partial charge on any atom is -0.316 e. The maximum absolute atomic E-state index is 12.1. The topological polar surface area (TPSA) is 109 Å². The number of nitro groups is 1. The van der Waals surface area contributed by atoms with E-state index in [0.29, 0.717) is 5.56 Å². The molecule has 0 saturated carbocycles. The number of rotatable bonds is 4. The average molecular weight is 294 g/mol. The maximum atomic E-state index is 12.1. The van der Waals surface area contributed by atoms with Gasteiger partial charge in [-0.3, -0.25) is 19.9 Å². The lowest BCUT2D eigenvalue weighted by Gasteiger charge is -2.04. The zero-order chi connectivity index (χ0) is 15.9. The molecule has 22 heavy (non-hydrogen) atoms. The molecule has 108 valence electrons. The Bertz CT molecular complexity index is 779. The molecule has 0 spiro atoms. The second-order valence-corrected chi connectivity index (χ2v) is 4.18. The largest absolute Gasteiger partial charge is 0.316 e. The van der Waals surface area contributed by atoms with E-state index in [1.54, 1.807) is 30.5 Å². The van der Waals surface area contributed by atoms with Gasteiger partial charge in [0.1, 0.15) is 17.3 Å². The molecule has 0 aliphatic carbocycles. The van der Waals surface area contributed by atoms with E-state index >= 15 is 0 Å². The van der Waals surface area contributed by atoms with Crippen molar-refractivity contribution in [3.8, 4) is 6.07 Å². The van der Waals surface area contributed by atoms with Crippen molar-refractivity contribution in [2.45, 2.75) is 0 Å². The van der Waals surface area contributed by atoms with Crippen LogP contribution < -0.4 is 5.32 Å². The number of para-hydroxylation sites is 2. The third kappa shape index (κ3) is 3.52. The molecular weight excluding hydrogens is 284 g/mol. The molecule has 0 aliphatic heterocycles. The van der Waals surface area contributed by atoms with Crippen molar-refractivity contribution >= 4 is 23.4 Å². The number of nitriles is 1. The summed E-state index contributed by atoms with van der Waals surface area (Å²) in [5.74, 6) is -0.722. The van der Waals surface area contributed by atoms with Crippen LogP contribution in [0.5, 0.6) is 0 Å². The molecule has 7 heteroatoms. The molecule has 0 saturated heterocycles. The lowest BCUT2D eigenvalue weighted by molar-refractivity contribution is -0.383. The fourth-order valence-electron chi connectivity index (χ4n) is 1.70. The van der Waals surface area contributed by atoms with Gasteiger partial charge in [-0.15, -0.1) is 0 Å². The average Bonchev–Trinajstić information content (AvgIpc) is 2.53. The molecule has 0 unspecified atom stereocenters. The Balaban J connectivity index is 2.27. The van der Waals surface area contributed by atoms with Gasteiger partial charge in [-0.25, -0.2) is 0 Å².